The molecule has 0 N–H and O–H groups in total. The Morgan fingerprint density at radius 3 is 2.32 bits per heavy atom. The maximum absolute atomic E-state index is 11.9. The number of aromatic nitrogens is 3. The minimum atomic E-state index is -0.0827. The minimum absolute atomic E-state index is 0.0449. The summed E-state index contributed by atoms with van der Waals surface area (Å²) in [5.74, 6) is 2.54. The van der Waals surface area contributed by atoms with Gasteiger partial charge in [-0.1, -0.05) is 52.0 Å². The molecule has 2 aromatic heterocycles. The molecule has 2 aliphatic heterocycles. The molecule has 10 nitrogen and oxygen atoms in total. The summed E-state index contributed by atoms with van der Waals surface area (Å²) >= 11 is 0. The zero-order chi connectivity index (χ0) is 31.3. The molecule has 3 aliphatic rings. The lowest BCUT2D eigenvalue weighted by Gasteiger charge is -2.36. The Hall–Kier alpha value is -3.97. The van der Waals surface area contributed by atoms with Crippen molar-refractivity contribution in [3.05, 3.63) is 48.5 Å². The van der Waals surface area contributed by atoms with Crippen LogP contribution in [-0.4, -0.2) is 100 Å². The third kappa shape index (κ3) is 9.02. The van der Waals surface area contributed by atoms with Crippen LogP contribution in [0.3, 0.4) is 0 Å². The third-order valence-corrected chi connectivity index (χ3v) is 8.82. The Balaban J connectivity index is 0.000000211. The van der Waals surface area contributed by atoms with Crippen LogP contribution < -0.4 is 4.90 Å². The van der Waals surface area contributed by atoms with Crippen molar-refractivity contribution < 1.29 is 9.59 Å². The van der Waals surface area contributed by atoms with E-state index in [0.717, 1.165) is 86.4 Å². The molecule has 10 heteroatoms. The van der Waals surface area contributed by atoms with Crippen LogP contribution in [0, 0.1) is 24.2 Å². The SMILES string of the molecule is CC1CCCCC1.CCN1CCN(C=O)CC1.Cc1nccc(-n2ccc3c(N4CCN(C(=O)CC#N)CC4)cccc32)n1. The Bertz CT molecular complexity index is 1380. The van der Waals surface area contributed by atoms with E-state index in [4.69, 9.17) is 5.26 Å². The fourth-order valence-electron chi connectivity index (χ4n) is 6.07. The van der Waals surface area contributed by atoms with Crippen molar-refractivity contribution >= 4 is 28.9 Å². The van der Waals surface area contributed by atoms with Crippen LogP contribution in [0.2, 0.25) is 0 Å². The van der Waals surface area contributed by atoms with Crippen molar-refractivity contribution in [2.24, 2.45) is 5.92 Å². The highest BCUT2D eigenvalue weighted by atomic mass is 16.2. The molecule has 4 heterocycles. The number of nitrogens with zero attached hydrogens (tertiary/aromatic N) is 8. The molecule has 2 amide bonds. The van der Waals surface area contributed by atoms with E-state index < -0.39 is 0 Å². The van der Waals surface area contributed by atoms with E-state index in [-0.39, 0.29) is 12.3 Å². The maximum atomic E-state index is 11.9. The van der Waals surface area contributed by atoms with Crippen LogP contribution in [0.1, 0.15) is 58.2 Å². The van der Waals surface area contributed by atoms with Gasteiger partial charge in [0.05, 0.1) is 11.6 Å². The summed E-state index contributed by atoms with van der Waals surface area (Å²) in [6, 6.07) is 12.2. The highest BCUT2D eigenvalue weighted by Gasteiger charge is 2.22. The molecule has 0 radical (unpaired) electrons. The number of hydrogen-bond donors (Lipinski definition) is 0. The molecule has 2 saturated heterocycles. The monoisotopic (exact) mass is 600 g/mol. The molecule has 6 rings (SSSR count). The average Bonchev–Trinajstić information content (AvgIpc) is 3.51. The van der Waals surface area contributed by atoms with Crippen molar-refractivity contribution in [2.45, 2.75) is 59.3 Å². The normalized spacial score (nSPS) is 17.6. The van der Waals surface area contributed by atoms with E-state index in [0.29, 0.717) is 13.1 Å². The number of carbonyl (C=O) groups excluding carboxylic acids is 2. The number of amides is 2. The molecule has 0 unspecified atom stereocenters. The molecule has 3 aromatic rings. The second-order valence-corrected chi connectivity index (χ2v) is 11.9. The quantitative estimate of drug-likeness (QED) is 0.393. The van der Waals surface area contributed by atoms with Crippen LogP contribution >= 0.6 is 0 Å². The number of carbonyl (C=O) groups is 2. The molecule has 236 valence electrons. The number of fused-ring (bicyclic) bond motifs is 1. The van der Waals surface area contributed by atoms with E-state index in [9.17, 15) is 9.59 Å². The standard InChI is InChI=1S/C20H20N6O.C7H14N2O.C7H14/c1-15-22-9-6-19(23-15)26-10-7-16-17(3-2-4-18(16)26)24-11-13-25(14-12-24)20(27)5-8-21;1-2-8-3-5-9(7-10)6-4-8;1-7-5-3-2-4-6-7/h2-4,6-7,9-10H,5,11-14H2,1H3;7H,2-6H2,1H3;7H,2-6H2,1H3. The van der Waals surface area contributed by atoms with Crippen LogP contribution in [0.25, 0.3) is 16.7 Å². The van der Waals surface area contributed by atoms with Crippen molar-refractivity contribution in [3.8, 4) is 11.9 Å². The lowest BCUT2D eigenvalue weighted by Crippen LogP contribution is -2.48. The second kappa shape index (κ2) is 16.8. The lowest BCUT2D eigenvalue weighted by molar-refractivity contribution is -0.130. The van der Waals surface area contributed by atoms with Crippen LogP contribution in [-0.2, 0) is 9.59 Å². The van der Waals surface area contributed by atoms with E-state index in [1.807, 2.05) is 30.2 Å². The smallest absolute Gasteiger partial charge is 0.236 e. The first-order valence-electron chi connectivity index (χ1n) is 16.1. The van der Waals surface area contributed by atoms with Gasteiger partial charge < -0.3 is 24.2 Å². The molecule has 1 saturated carbocycles. The second-order valence-electron chi connectivity index (χ2n) is 11.9. The highest BCUT2D eigenvalue weighted by molar-refractivity contribution is 5.94. The van der Waals surface area contributed by atoms with Gasteiger partial charge in [-0.2, -0.15) is 5.26 Å². The maximum Gasteiger partial charge on any atom is 0.236 e. The van der Waals surface area contributed by atoms with Crippen LogP contribution in [0.15, 0.2) is 42.7 Å². The molecular formula is C34H48N8O2. The van der Waals surface area contributed by atoms with Crippen molar-refractivity contribution in [3.63, 3.8) is 0 Å². The predicted octanol–water partition coefficient (Wildman–Crippen LogP) is 4.66. The number of nitriles is 1. The van der Waals surface area contributed by atoms with Gasteiger partial charge in [-0.25, -0.2) is 9.97 Å². The van der Waals surface area contributed by atoms with Gasteiger partial charge in [0.1, 0.15) is 18.1 Å². The zero-order valence-corrected chi connectivity index (χ0v) is 26.7. The predicted molar refractivity (Wildman–Crippen MR) is 175 cm³/mol. The average molecular weight is 601 g/mol. The Morgan fingerprint density at radius 1 is 1.00 bits per heavy atom. The van der Waals surface area contributed by atoms with Crippen LogP contribution in [0.4, 0.5) is 5.69 Å². The van der Waals surface area contributed by atoms with Crippen molar-refractivity contribution in [1.29, 1.82) is 5.26 Å². The first-order valence-corrected chi connectivity index (χ1v) is 16.1. The molecule has 1 aromatic carbocycles. The molecule has 3 fully saturated rings. The summed E-state index contributed by atoms with van der Waals surface area (Å²) in [4.78, 5) is 39.1. The van der Waals surface area contributed by atoms with Crippen molar-refractivity contribution in [1.82, 2.24) is 29.2 Å². The van der Waals surface area contributed by atoms with Crippen molar-refractivity contribution in [2.75, 3.05) is 63.8 Å². The molecule has 1 aliphatic carbocycles. The van der Waals surface area contributed by atoms with E-state index in [1.54, 1.807) is 11.1 Å². The largest absolute Gasteiger partial charge is 0.367 e. The number of piperazine rings is 2. The Labute approximate surface area is 262 Å². The van der Waals surface area contributed by atoms with Gasteiger partial charge in [0.15, 0.2) is 0 Å². The summed E-state index contributed by atoms with van der Waals surface area (Å²) in [6.07, 6.45) is 12.1. The number of rotatable bonds is 5. The van der Waals surface area contributed by atoms with E-state index in [2.05, 4.69) is 62.4 Å². The molecule has 0 atom stereocenters. The first kappa shape index (κ1) is 32.9. The lowest BCUT2D eigenvalue weighted by atomic mass is 9.91. The number of anilines is 1. The van der Waals surface area contributed by atoms with E-state index in [1.165, 1.54) is 32.1 Å². The molecule has 0 bridgehead atoms. The Kier molecular flexibility index (Phi) is 12.5. The topological polar surface area (TPSA) is 102 Å². The number of benzene rings is 1. The van der Waals surface area contributed by atoms with Gasteiger partial charge in [-0.3, -0.25) is 9.59 Å². The van der Waals surface area contributed by atoms with Gasteiger partial charge in [-0.15, -0.1) is 0 Å². The highest BCUT2D eigenvalue weighted by Crippen LogP contribution is 2.30. The molecule has 0 spiro atoms. The number of aryl methyl sites for hydroxylation is 1. The summed E-state index contributed by atoms with van der Waals surface area (Å²) in [5, 5.41) is 9.87. The number of hydrogen-bond acceptors (Lipinski definition) is 7. The van der Waals surface area contributed by atoms with Gasteiger partial charge in [0.25, 0.3) is 0 Å². The Morgan fingerprint density at radius 2 is 1.73 bits per heavy atom. The fourth-order valence-corrected chi connectivity index (χ4v) is 6.07. The number of likely N-dealkylation sites (N-methyl/N-ethyl adjacent to an activating group) is 1. The first-order chi connectivity index (χ1) is 21.4. The minimum Gasteiger partial charge on any atom is -0.367 e. The molecule has 44 heavy (non-hydrogen) atoms. The fraction of sp³-hybridized carbons (Fsp3) is 0.559. The van der Waals surface area contributed by atoms with Crippen LogP contribution in [0.5, 0.6) is 0 Å². The summed E-state index contributed by atoms with van der Waals surface area (Å²) in [5.41, 5.74) is 2.25. The summed E-state index contributed by atoms with van der Waals surface area (Å²) in [6.45, 7) is 14.2. The zero-order valence-electron chi connectivity index (χ0n) is 26.7. The summed E-state index contributed by atoms with van der Waals surface area (Å²) < 4.78 is 2.07. The third-order valence-electron chi connectivity index (χ3n) is 8.82. The van der Waals surface area contributed by atoms with Gasteiger partial charge in [0.2, 0.25) is 12.3 Å². The van der Waals surface area contributed by atoms with E-state index >= 15 is 0 Å². The molecular weight excluding hydrogens is 552 g/mol. The van der Waals surface area contributed by atoms with Gasteiger partial charge in [-0.05, 0) is 43.7 Å². The summed E-state index contributed by atoms with van der Waals surface area (Å²) in [7, 11) is 0. The van der Waals surface area contributed by atoms with Gasteiger partial charge >= 0.3 is 0 Å². The van der Waals surface area contributed by atoms with Gasteiger partial charge in [0, 0.05) is 75.8 Å².